The first-order chi connectivity index (χ1) is 13.1. The normalized spacial score (nSPS) is 16.5. The van der Waals surface area contributed by atoms with Crippen molar-refractivity contribution >= 4 is 17.5 Å². The van der Waals surface area contributed by atoms with Gasteiger partial charge in [0.2, 0.25) is 5.95 Å². The van der Waals surface area contributed by atoms with Crippen LogP contribution < -0.4 is 5.32 Å². The fraction of sp³-hybridized carbons (Fsp3) is 0.300. The van der Waals surface area contributed by atoms with Crippen LogP contribution in [0.2, 0.25) is 0 Å². The average molecular weight is 363 g/mol. The van der Waals surface area contributed by atoms with Crippen LogP contribution in [0.5, 0.6) is 0 Å². The fourth-order valence-electron chi connectivity index (χ4n) is 3.60. The van der Waals surface area contributed by atoms with Crippen LogP contribution in [0, 0.1) is 13.8 Å². The number of anilines is 2. The van der Waals surface area contributed by atoms with Gasteiger partial charge in [-0.25, -0.2) is 9.97 Å². The number of aromatic nitrogens is 3. The third-order valence-electron chi connectivity index (χ3n) is 4.86. The van der Waals surface area contributed by atoms with E-state index in [2.05, 4.69) is 20.4 Å². The number of likely N-dealkylation sites (tertiary alicyclic amines) is 1. The van der Waals surface area contributed by atoms with Crippen molar-refractivity contribution in [1.29, 1.82) is 0 Å². The highest BCUT2D eigenvalue weighted by atomic mass is 16.5. The van der Waals surface area contributed by atoms with E-state index in [0.29, 0.717) is 18.1 Å². The van der Waals surface area contributed by atoms with E-state index in [4.69, 9.17) is 4.52 Å². The van der Waals surface area contributed by atoms with Crippen LogP contribution in [0.3, 0.4) is 0 Å². The first-order valence-corrected chi connectivity index (χ1v) is 9.01. The first kappa shape index (κ1) is 17.2. The lowest BCUT2D eigenvalue weighted by atomic mass is 10.0. The van der Waals surface area contributed by atoms with Crippen molar-refractivity contribution in [3.8, 4) is 0 Å². The molecule has 0 radical (unpaired) electrons. The van der Waals surface area contributed by atoms with Crippen molar-refractivity contribution < 1.29 is 9.32 Å². The minimum Gasteiger partial charge on any atom is -0.361 e. The summed E-state index contributed by atoms with van der Waals surface area (Å²) in [6.07, 6.45) is 5.00. The van der Waals surface area contributed by atoms with Gasteiger partial charge in [-0.2, -0.15) is 0 Å². The Labute approximate surface area is 157 Å². The van der Waals surface area contributed by atoms with Gasteiger partial charge in [-0.15, -0.1) is 0 Å². The van der Waals surface area contributed by atoms with Gasteiger partial charge in [0.25, 0.3) is 5.91 Å². The average Bonchev–Trinajstić information content (AvgIpc) is 3.29. The van der Waals surface area contributed by atoms with E-state index in [1.807, 2.05) is 49.1 Å². The standard InChI is InChI=1S/C20H21N5O2/c1-13-18(14(2)27-24-13)17-9-6-10-25(17)19(26)15-11-21-20(22-12-15)23-16-7-4-3-5-8-16/h3-5,7-8,11-12,17H,6,9-10H2,1-2H3,(H,21,22,23)/t17-/m1/s1. The number of benzene rings is 1. The second-order valence-corrected chi connectivity index (χ2v) is 6.68. The quantitative estimate of drug-likeness (QED) is 0.759. The molecule has 0 unspecified atom stereocenters. The number of rotatable bonds is 4. The number of amides is 1. The van der Waals surface area contributed by atoms with Gasteiger partial charge < -0.3 is 14.7 Å². The molecule has 3 heterocycles. The maximum Gasteiger partial charge on any atom is 0.257 e. The smallest absolute Gasteiger partial charge is 0.257 e. The third kappa shape index (κ3) is 3.40. The number of carbonyl (C=O) groups is 1. The summed E-state index contributed by atoms with van der Waals surface area (Å²) in [4.78, 5) is 23.5. The molecule has 1 fully saturated rings. The maximum atomic E-state index is 13.0. The van der Waals surface area contributed by atoms with Gasteiger partial charge in [0.1, 0.15) is 5.76 Å². The van der Waals surface area contributed by atoms with Crippen LogP contribution in [-0.4, -0.2) is 32.5 Å². The predicted octanol–water partition coefficient (Wildman–Crippen LogP) is 3.80. The number of hydrogen-bond acceptors (Lipinski definition) is 6. The van der Waals surface area contributed by atoms with E-state index in [1.54, 1.807) is 12.4 Å². The number of aryl methyl sites for hydroxylation is 2. The Hall–Kier alpha value is -3.22. The Kier molecular flexibility index (Phi) is 4.58. The van der Waals surface area contributed by atoms with Crippen LogP contribution in [0.15, 0.2) is 47.2 Å². The number of hydrogen-bond donors (Lipinski definition) is 1. The highest BCUT2D eigenvalue weighted by molar-refractivity contribution is 5.94. The van der Waals surface area contributed by atoms with Gasteiger partial charge in [0.15, 0.2) is 0 Å². The van der Waals surface area contributed by atoms with Crippen LogP contribution in [0.1, 0.15) is 46.3 Å². The zero-order chi connectivity index (χ0) is 18.8. The van der Waals surface area contributed by atoms with Gasteiger partial charge in [0, 0.05) is 30.2 Å². The number of para-hydroxylation sites is 1. The molecule has 1 amide bonds. The van der Waals surface area contributed by atoms with Crippen molar-refractivity contribution in [3.05, 3.63) is 65.3 Å². The molecule has 0 spiro atoms. The SMILES string of the molecule is Cc1noc(C)c1[C@H]1CCCN1C(=O)c1cnc(Nc2ccccc2)nc1. The minimum atomic E-state index is -0.0660. The van der Waals surface area contributed by atoms with E-state index in [0.717, 1.165) is 35.5 Å². The molecule has 3 aromatic rings. The van der Waals surface area contributed by atoms with Gasteiger partial charge in [-0.05, 0) is 38.8 Å². The molecule has 1 aliphatic heterocycles. The van der Waals surface area contributed by atoms with Crippen molar-refractivity contribution in [2.75, 3.05) is 11.9 Å². The van der Waals surface area contributed by atoms with Crippen LogP contribution in [0.4, 0.5) is 11.6 Å². The van der Waals surface area contributed by atoms with Gasteiger partial charge in [-0.3, -0.25) is 4.79 Å². The predicted molar refractivity (Wildman–Crippen MR) is 101 cm³/mol. The monoisotopic (exact) mass is 363 g/mol. The van der Waals surface area contributed by atoms with Crippen molar-refractivity contribution in [2.24, 2.45) is 0 Å². The summed E-state index contributed by atoms with van der Waals surface area (Å²) in [5.74, 6) is 1.17. The molecule has 0 bridgehead atoms. The summed E-state index contributed by atoms with van der Waals surface area (Å²) in [5, 5.41) is 7.15. The Balaban J connectivity index is 1.52. The van der Waals surface area contributed by atoms with Crippen molar-refractivity contribution in [3.63, 3.8) is 0 Å². The zero-order valence-corrected chi connectivity index (χ0v) is 15.3. The van der Waals surface area contributed by atoms with Crippen LogP contribution in [-0.2, 0) is 0 Å². The Morgan fingerprint density at radius 1 is 1.19 bits per heavy atom. The summed E-state index contributed by atoms with van der Waals surface area (Å²) in [6.45, 7) is 4.51. The summed E-state index contributed by atoms with van der Waals surface area (Å²) in [7, 11) is 0. The molecule has 1 aromatic carbocycles. The fourth-order valence-corrected chi connectivity index (χ4v) is 3.60. The lowest BCUT2D eigenvalue weighted by Crippen LogP contribution is -2.31. The molecule has 1 aliphatic rings. The lowest BCUT2D eigenvalue weighted by molar-refractivity contribution is 0.0734. The minimum absolute atomic E-state index is 0.00845. The number of carbonyl (C=O) groups excluding carboxylic acids is 1. The van der Waals surface area contributed by atoms with E-state index in [-0.39, 0.29) is 11.9 Å². The highest BCUT2D eigenvalue weighted by Gasteiger charge is 2.34. The van der Waals surface area contributed by atoms with E-state index in [1.165, 1.54) is 0 Å². The molecule has 27 heavy (non-hydrogen) atoms. The third-order valence-corrected chi connectivity index (χ3v) is 4.86. The molecule has 1 N–H and O–H groups in total. The molecule has 1 atom stereocenters. The topological polar surface area (TPSA) is 84.2 Å². The molecule has 1 saturated heterocycles. The lowest BCUT2D eigenvalue weighted by Gasteiger charge is -2.24. The molecular weight excluding hydrogens is 342 g/mol. The molecule has 7 heteroatoms. The van der Waals surface area contributed by atoms with E-state index in [9.17, 15) is 4.79 Å². The molecule has 7 nitrogen and oxygen atoms in total. The second-order valence-electron chi connectivity index (χ2n) is 6.68. The summed E-state index contributed by atoms with van der Waals surface area (Å²) >= 11 is 0. The first-order valence-electron chi connectivity index (χ1n) is 9.01. The molecule has 2 aromatic heterocycles. The zero-order valence-electron chi connectivity index (χ0n) is 15.3. The highest BCUT2D eigenvalue weighted by Crippen LogP contribution is 2.36. The largest absolute Gasteiger partial charge is 0.361 e. The van der Waals surface area contributed by atoms with Gasteiger partial charge in [0.05, 0.1) is 17.3 Å². The maximum absolute atomic E-state index is 13.0. The Bertz CT molecular complexity index is 917. The Morgan fingerprint density at radius 3 is 2.59 bits per heavy atom. The second kappa shape index (κ2) is 7.19. The molecule has 138 valence electrons. The van der Waals surface area contributed by atoms with E-state index < -0.39 is 0 Å². The van der Waals surface area contributed by atoms with E-state index >= 15 is 0 Å². The Morgan fingerprint density at radius 2 is 1.93 bits per heavy atom. The molecule has 0 saturated carbocycles. The number of nitrogens with one attached hydrogen (secondary N) is 1. The van der Waals surface area contributed by atoms with Gasteiger partial charge >= 0.3 is 0 Å². The van der Waals surface area contributed by atoms with Crippen LogP contribution >= 0.6 is 0 Å². The molecular formula is C20H21N5O2. The summed E-state index contributed by atoms with van der Waals surface area (Å²) in [5.41, 5.74) is 3.24. The molecule has 0 aliphatic carbocycles. The van der Waals surface area contributed by atoms with Crippen molar-refractivity contribution in [1.82, 2.24) is 20.0 Å². The number of nitrogens with zero attached hydrogens (tertiary/aromatic N) is 4. The summed E-state index contributed by atoms with van der Waals surface area (Å²) in [6, 6.07) is 9.66. The van der Waals surface area contributed by atoms with Crippen LogP contribution in [0.25, 0.3) is 0 Å². The summed E-state index contributed by atoms with van der Waals surface area (Å²) < 4.78 is 5.29. The van der Waals surface area contributed by atoms with Gasteiger partial charge in [-0.1, -0.05) is 23.4 Å². The van der Waals surface area contributed by atoms with Crippen molar-refractivity contribution in [2.45, 2.75) is 32.7 Å². The molecule has 4 rings (SSSR count).